The van der Waals surface area contributed by atoms with Gasteiger partial charge in [-0.2, -0.15) is 12.7 Å². The van der Waals surface area contributed by atoms with Crippen LogP contribution in [0.5, 0.6) is 0 Å². The average Bonchev–Trinajstić information content (AvgIpc) is 2.62. The lowest BCUT2D eigenvalue weighted by Gasteiger charge is -2.25. The summed E-state index contributed by atoms with van der Waals surface area (Å²) in [7, 11) is -3.38. The van der Waals surface area contributed by atoms with Crippen LogP contribution in [0, 0.1) is 5.92 Å². The van der Waals surface area contributed by atoms with E-state index < -0.39 is 16.3 Å². The Balaban J connectivity index is 2.62. The number of hydrogen-bond donors (Lipinski definition) is 2. The van der Waals surface area contributed by atoms with E-state index in [1.807, 2.05) is 13.8 Å². The molecule has 0 saturated carbocycles. The molecule has 5 nitrogen and oxygen atoms in total. The zero-order chi connectivity index (χ0) is 13.1. The second kappa shape index (κ2) is 6.13. The Bertz CT molecular complexity index is 328. The van der Waals surface area contributed by atoms with Gasteiger partial charge in [-0.1, -0.05) is 13.8 Å². The van der Waals surface area contributed by atoms with E-state index in [-0.39, 0.29) is 6.04 Å². The second-order valence-electron chi connectivity index (χ2n) is 5.24. The number of nitrogens with one attached hydrogen (secondary N) is 1. The molecule has 0 spiro atoms. The molecule has 1 fully saturated rings. The molecule has 6 heteroatoms. The van der Waals surface area contributed by atoms with E-state index in [2.05, 4.69) is 4.72 Å². The highest BCUT2D eigenvalue weighted by molar-refractivity contribution is 7.87. The molecule has 1 aliphatic heterocycles. The molecular weight excluding hydrogens is 240 g/mol. The summed E-state index contributed by atoms with van der Waals surface area (Å²) in [5.41, 5.74) is 0. The van der Waals surface area contributed by atoms with E-state index in [1.165, 1.54) is 4.31 Å². The topological polar surface area (TPSA) is 69.6 Å². The fourth-order valence-corrected chi connectivity index (χ4v) is 3.77. The van der Waals surface area contributed by atoms with Gasteiger partial charge in [0.1, 0.15) is 0 Å². The normalized spacial score (nSPS) is 24.4. The minimum atomic E-state index is -3.38. The van der Waals surface area contributed by atoms with Crippen molar-refractivity contribution >= 4 is 10.2 Å². The van der Waals surface area contributed by atoms with Crippen molar-refractivity contribution in [3.63, 3.8) is 0 Å². The van der Waals surface area contributed by atoms with Gasteiger partial charge in [-0.05, 0) is 32.1 Å². The van der Waals surface area contributed by atoms with Crippen LogP contribution in [0.2, 0.25) is 0 Å². The number of hydrogen-bond acceptors (Lipinski definition) is 3. The van der Waals surface area contributed by atoms with E-state index in [1.54, 1.807) is 6.92 Å². The lowest BCUT2D eigenvalue weighted by Crippen LogP contribution is -2.45. The number of nitrogens with zero attached hydrogens (tertiary/aromatic N) is 1. The van der Waals surface area contributed by atoms with E-state index in [4.69, 9.17) is 0 Å². The Kier molecular flexibility index (Phi) is 5.37. The number of aliphatic hydroxyl groups excluding tert-OH is 1. The van der Waals surface area contributed by atoms with E-state index >= 15 is 0 Å². The minimum absolute atomic E-state index is 0.0559. The lowest BCUT2D eigenvalue weighted by atomic mass is 10.1. The standard InChI is InChI=1S/C11H24N2O3S/c1-9(2)8-12-17(15,16)13-6-4-5-11(13)7-10(3)14/h9-12,14H,4-8H2,1-3H3. The minimum Gasteiger partial charge on any atom is -0.393 e. The van der Waals surface area contributed by atoms with E-state index in [9.17, 15) is 13.5 Å². The largest absolute Gasteiger partial charge is 0.393 e. The maximum absolute atomic E-state index is 12.1. The Hall–Kier alpha value is -0.170. The van der Waals surface area contributed by atoms with Crippen molar-refractivity contribution in [1.29, 1.82) is 0 Å². The van der Waals surface area contributed by atoms with E-state index in [0.29, 0.717) is 25.4 Å². The first-order chi connectivity index (χ1) is 7.83. The Morgan fingerprint density at radius 3 is 2.59 bits per heavy atom. The first-order valence-corrected chi connectivity index (χ1v) is 7.71. The second-order valence-corrected chi connectivity index (χ2v) is 6.95. The van der Waals surface area contributed by atoms with Gasteiger partial charge in [0.15, 0.2) is 0 Å². The van der Waals surface area contributed by atoms with Crippen molar-refractivity contribution in [2.75, 3.05) is 13.1 Å². The molecule has 0 bridgehead atoms. The zero-order valence-electron chi connectivity index (χ0n) is 10.9. The predicted molar refractivity (Wildman–Crippen MR) is 67.8 cm³/mol. The summed E-state index contributed by atoms with van der Waals surface area (Å²) in [5.74, 6) is 0.294. The Morgan fingerprint density at radius 2 is 2.06 bits per heavy atom. The zero-order valence-corrected chi connectivity index (χ0v) is 11.7. The quantitative estimate of drug-likeness (QED) is 0.742. The summed E-state index contributed by atoms with van der Waals surface area (Å²) >= 11 is 0. The maximum Gasteiger partial charge on any atom is 0.279 e. The fraction of sp³-hybridized carbons (Fsp3) is 1.00. The third-order valence-corrected chi connectivity index (χ3v) is 4.55. The molecule has 2 N–H and O–H groups in total. The van der Waals surface area contributed by atoms with Crippen LogP contribution in [-0.4, -0.2) is 43.1 Å². The summed E-state index contributed by atoms with van der Waals surface area (Å²) in [6.07, 6.45) is 1.77. The molecule has 17 heavy (non-hydrogen) atoms. The molecule has 2 unspecified atom stereocenters. The number of rotatable bonds is 6. The molecular formula is C11H24N2O3S. The van der Waals surface area contributed by atoms with Gasteiger partial charge in [0, 0.05) is 19.1 Å². The SMILES string of the molecule is CC(C)CNS(=O)(=O)N1CCCC1CC(C)O. The van der Waals surface area contributed by atoms with Crippen LogP contribution < -0.4 is 4.72 Å². The third kappa shape index (κ3) is 4.54. The first-order valence-electron chi connectivity index (χ1n) is 6.27. The van der Waals surface area contributed by atoms with Crippen molar-refractivity contribution in [1.82, 2.24) is 9.03 Å². The Morgan fingerprint density at radius 1 is 1.41 bits per heavy atom. The molecule has 0 amide bonds. The van der Waals surface area contributed by atoms with Crippen molar-refractivity contribution < 1.29 is 13.5 Å². The molecule has 0 aliphatic carbocycles. The van der Waals surface area contributed by atoms with Gasteiger partial charge in [-0.15, -0.1) is 0 Å². The predicted octanol–water partition coefficient (Wildman–Crippen LogP) is 0.712. The molecule has 0 radical (unpaired) electrons. The van der Waals surface area contributed by atoms with Crippen LogP contribution in [-0.2, 0) is 10.2 Å². The maximum atomic E-state index is 12.1. The van der Waals surface area contributed by atoms with Crippen LogP contribution in [0.15, 0.2) is 0 Å². The highest BCUT2D eigenvalue weighted by Gasteiger charge is 2.34. The van der Waals surface area contributed by atoms with Crippen molar-refractivity contribution in [2.24, 2.45) is 5.92 Å². The van der Waals surface area contributed by atoms with Crippen LogP contribution >= 0.6 is 0 Å². The fourth-order valence-electron chi connectivity index (χ4n) is 2.11. The number of aliphatic hydroxyl groups is 1. The molecule has 102 valence electrons. The summed E-state index contributed by atoms with van der Waals surface area (Å²) in [5, 5.41) is 9.37. The molecule has 1 rings (SSSR count). The summed E-state index contributed by atoms with van der Waals surface area (Å²) in [6, 6.07) is -0.0559. The highest BCUT2D eigenvalue weighted by Crippen LogP contribution is 2.23. The van der Waals surface area contributed by atoms with Crippen LogP contribution in [0.25, 0.3) is 0 Å². The monoisotopic (exact) mass is 264 g/mol. The van der Waals surface area contributed by atoms with Crippen LogP contribution in [0.3, 0.4) is 0 Å². The van der Waals surface area contributed by atoms with Crippen molar-refractivity contribution in [2.45, 2.75) is 52.2 Å². The van der Waals surface area contributed by atoms with Crippen LogP contribution in [0.4, 0.5) is 0 Å². The molecule has 0 aromatic heterocycles. The first kappa shape index (κ1) is 14.9. The Labute approximate surface area is 104 Å². The molecule has 0 aromatic rings. The van der Waals surface area contributed by atoms with Gasteiger partial charge in [0.25, 0.3) is 10.2 Å². The molecule has 2 atom stereocenters. The van der Waals surface area contributed by atoms with E-state index in [0.717, 1.165) is 12.8 Å². The molecule has 1 aliphatic rings. The van der Waals surface area contributed by atoms with Gasteiger partial charge in [-0.25, -0.2) is 4.72 Å². The van der Waals surface area contributed by atoms with Gasteiger partial charge < -0.3 is 5.11 Å². The molecule has 0 aromatic carbocycles. The van der Waals surface area contributed by atoms with Gasteiger partial charge in [0.05, 0.1) is 6.10 Å². The van der Waals surface area contributed by atoms with Gasteiger partial charge >= 0.3 is 0 Å². The summed E-state index contributed by atoms with van der Waals surface area (Å²) in [4.78, 5) is 0. The summed E-state index contributed by atoms with van der Waals surface area (Å²) < 4.78 is 28.2. The lowest BCUT2D eigenvalue weighted by molar-refractivity contribution is 0.157. The van der Waals surface area contributed by atoms with Gasteiger partial charge in [-0.3, -0.25) is 0 Å². The molecule has 1 heterocycles. The van der Waals surface area contributed by atoms with Gasteiger partial charge in [0.2, 0.25) is 0 Å². The summed E-state index contributed by atoms with van der Waals surface area (Å²) in [6.45, 7) is 6.66. The van der Waals surface area contributed by atoms with Crippen molar-refractivity contribution in [3.05, 3.63) is 0 Å². The average molecular weight is 264 g/mol. The molecule has 1 saturated heterocycles. The smallest absolute Gasteiger partial charge is 0.279 e. The highest BCUT2D eigenvalue weighted by atomic mass is 32.2. The van der Waals surface area contributed by atoms with Crippen LogP contribution in [0.1, 0.15) is 40.0 Å². The third-order valence-electron chi connectivity index (χ3n) is 2.92. The van der Waals surface area contributed by atoms with Crippen molar-refractivity contribution in [3.8, 4) is 0 Å².